The number of ether oxygens (including phenoxy) is 6. The highest BCUT2D eigenvalue weighted by molar-refractivity contribution is 6.01. The lowest BCUT2D eigenvalue weighted by molar-refractivity contribution is -0.138. The molecule has 0 aromatic heterocycles. The van der Waals surface area contributed by atoms with Crippen LogP contribution in [0.15, 0.2) is 111 Å². The maximum Gasteiger partial charge on any atom is 0.334 e. The van der Waals surface area contributed by atoms with Crippen molar-refractivity contribution in [2.75, 3.05) is 28.4 Å². The van der Waals surface area contributed by atoms with Crippen molar-refractivity contribution in [3.8, 4) is 34.5 Å². The first kappa shape index (κ1) is 48.9. The Morgan fingerprint density at radius 1 is 0.431 bits per heavy atom. The van der Waals surface area contributed by atoms with Gasteiger partial charge in [-0.3, -0.25) is 0 Å². The summed E-state index contributed by atoms with van der Waals surface area (Å²) in [5.74, 6) is -0.0893. The van der Waals surface area contributed by atoms with Crippen LogP contribution in [0.1, 0.15) is 91.3 Å². The minimum absolute atomic E-state index is 0.161. The van der Waals surface area contributed by atoms with Crippen molar-refractivity contribution in [2.24, 2.45) is 0 Å². The van der Waals surface area contributed by atoms with E-state index in [9.17, 15) is 29.4 Å². The monoisotopic (exact) mass is 886 g/mol. The van der Waals surface area contributed by atoms with Crippen LogP contribution in [-0.2, 0) is 38.1 Å². The number of hydrogen-bond donors (Lipinski definition) is 2. The number of allylic oxidation sites excluding steroid dienone is 4. The van der Waals surface area contributed by atoms with Gasteiger partial charge < -0.3 is 38.6 Å². The topological polar surface area (TPSA) is 164 Å². The number of esters is 4. The van der Waals surface area contributed by atoms with E-state index >= 15 is 0 Å². The second kappa shape index (κ2) is 20.6. The van der Waals surface area contributed by atoms with Gasteiger partial charge in [-0.2, -0.15) is 0 Å². The summed E-state index contributed by atoms with van der Waals surface area (Å²) in [4.78, 5) is 51.0. The lowest BCUT2D eigenvalue weighted by Gasteiger charge is -2.30. The first-order valence-corrected chi connectivity index (χ1v) is 21.0. The Morgan fingerprint density at radius 2 is 0.738 bits per heavy atom. The molecule has 0 aliphatic heterocycles. The summed E-state index contributed by atoms with van der Waals surface area (Å²) in [6.07, 6.45) is 1.01. The molecule has 2 aliphatic rings. The van der Waals surface area contributed by atoms with Crippen LogP contribution in [-0.4, -0.2) is 62.5 Å². The maximum absolute atomic E-state index is 12.8. The number of methoxy groups -OCH3 is 4. The molecule has 0 saturated heterocycles. The van der Waals surface area contributed by atoms with E-state index in [1.165, 1.54) is 28.4 Å². The highest BCUT2D eigenvalue weighted by Crippen LogP contribution is 2.46. The number of phenolic OH excluding ortho intramolecular Hbond substituents is 2. The van der Waals surface area contributed by atoms with Crippen LogP contribution in [0.3, 0.4) is 0 Å². The molecular formula is C53H58O12. The van der Waals surface area contributed by atoms with Crippen molar-refractivity contribution in [3.05, 3.63) is 150 Å². The van der Waals surface area contributed by atoms with Crippen molar-refractivity contribution >= 4 is 23.9 Å². The number of rotatable bonds is 10. The minimum atomic E-state index is -0.596. The van der Waals surface area contributed by atoms with Gasteiger partial charge in [0, 0.05) is 34.1 Å². The quantitative estimate of drug-likeness (QED) is 0.115. The first-order valence-electron chi connectivity index (χ1n) is 21.0. The van der Waals surface area contributed by atoms with Gasteiger partial charge in [-0.1, -0.05) is 46.6 Å². The fourth-order valence-electron chi connectivity index (χ4n) is 8.79. The number of aryl methyl sites for hydroxylation is 5. The number of carbonyl (C=O) groups is 4. The second-order valence-electron chi connectivity index (χ2n) is 16.6. The highest BCUT2D eigenvalue weighted by atomic mass is 16.5. The highest BCUT2D eigenvalue weighted by Gasteiger charge is 2.39. The second-order valence-corrected chi connectivity index (χ2v) is 16.6. The molecule has 0 atom stereocenters. The largest absolute Gasteiger partial charge is 0.508 e. The standard InChI is InChI=1S/C27H30O6.C26H28O6/c1-14-13-20(8-9-21(14)28)33-25-17(4)11-19(12-18(25)5)24-22(26(29)31-6)15(2)10-16(3)23(24)27(30)32-7;1-14-11-15(2)22(26(29)31-6)23(21(14)25(28)30-5)18-12-16(3)24(17(4)13-18)32-20-9-7-19(27)8-10-20/h8-9,11-13,24,28H,10H2,1-7H3;7-10,12-13,23,27H,11H2,1-6H3. The van der Waals surface area contributed by atoms with E-state index in [0.717, 1.165) is 55.7 Å². The number of hydrogen-bond acceptors (Lipinski definition) is 12. The number of benzene rings is 4. The Bertz CT molecular complexity index is 2550. The fourth-order valence-corrected chi connectivity index (χ4v) is 8.79. The molecule has 4 aromatic rings. The Labute approximate surface area is 380 Å². The van der Waals surface area contributed by atoms with Gasteiger partial charge in [-0.05, 0) is 157 Å². The molecule has 342 valence electrons. The van der Waals surface area contributed by atoms with Crippen LogP contribution in [0.2, 0.25) is 0 Å². The first-order chi connectivity index (χ1) is 30.8. The third kappa shape index (κ3) is 10.5. The van der Waals surface area contributed by atoms with E-state index in [1.54, 1.807) is 49.4 Å². The third-order valence-electron chi connectivity index (χ3n) is 11.8. The summed E-state index contributed by atoms with van der Waals surface area (Å²) < 4.78 is 32.5. The van der Waals surface area contributed by atoms with E-state index in [1.807, 2.05) is 79.7 Å². The molecule has 2 N–H and O–H groups in total. The molecule has 2 aliphatic carbocycles. The average Bonchev–Trinajstić information content (AvgIpc) is 3.26. The molecule has 0 spiro atoms. The molecule has 4 aromatic carbocycles. The average molecular weight is 887 g/mol. The van der Waals surface area contributed by atoms with Gasteiger partial charge in [0.25, 0.3) is 0 Å². The van der Waals surface area contributed by atoms with Gasteiger partial charge in [0.2, 0.25) is 0 Å². The summed E-state index contributed by atoms with van der Waals surface area (Å²) in [5, 5.41) is 19.3. The van der Waals surface area contributed by atoms with Gasteiger partial charge in [0.15, 0.2) is 0 Å². The SMILES string of the molecule is COC(=O)C1=C(C)CC(C)=C(C(=O)OC)C1c1cc(C)c(Oc2ccc(O)c(C)c2)c(C)c1.COC(=O)C1=C(C)CC(C)=C(C(=O)OC)C1c1cc(C)c(Oc2ccc(O)cc2)c(C)c1. The normalized spacial score (nSPS) is 14.4. The third-order valence-corrected chi connectivity index (χ3v) is 11.8. The van der Waals surface area contributed by atoms with Crippen molar-refractivity contribution in [2.45, 2.75) is 87.0 Å². The summed E-state index contributed by atoms with van der Waals surface area (Å²) in [6, 6.07) is 19.3. The molecule has 0 fully saturated rings. The van der Waals surface area contributed by atoms with Crippen LogP contribution in [0.4, 0.5) is 0 Å². The van der Waals surface area contributed by atoms with Crippen LogP contribution in [0, 0.1) is 34.6 Å². The Hall–Kier alpha value is -7.08. The van der Waals surface area contributed by atoms with E-state index < -0.39 is 35.7 Å². The Morgan fingerprint density at radius 3 is 1.05 bits per heavy atom. The van der Waals surface area contributed by atoms with Gasteiger partial charge in [0.1, 0.15) is 34.5 Å². The molecule has 0 saturated carbocycles. The molecule has 0 heterocycles. The predicted octanol–water partition coefficient (Wildman–Crippen LogP) is 10.8. The summed E-state index contributed by atoms with van der Waals surface area (Å²) >= 11 is 0. The van der Waals surface area contributed by atoms with Crippen LogP contribution in [0.5, 0.6) is 34.5 Å². The van der Waals surface area contributed by atoms with Crippen molar-refractivity contribution in [1.82, 2.24) is 0 Å². The molecule has 0 bridgehead atoms. The van der Waals surface area contributed by atoms with Gasteiger partial charge in [-0.25, -0.2) is 19.2 Å². The van der Waals surface area contributed by atoms with Gasteiger partial charge in [0.05, 0.1) is 28.4 Å². The van der Waals surface area contributed by atoms with Crippen LogP contribution >= 0.6 is 0 Å². The molecular weight excluding hydrogens is 829 g/mol. The molecule has 12 heteroatoms. The van der Waals surface area contributed by atoms with Crippen molar-refractivity contribution in [3.63, 3.8) is 0 Å². The molecule has 12 nitrogen and oxygen atoms in total. The Kier molecular flexibility index (Phi) is 15.5. The van der Waals surface area contributed by atoms with Gasteiger partial charge >= 0.3 is 23.9 Å². The zero-order chi connectivity index (χ0) is 48.0. The van der Waals surface area contributed by atoms with E-state index in [-0.39, 0.29) is 11.5 Å². The van der Waals surface area contributed by atoms with Crippen LogP contribution < -0.4 is 9.47 Å². The lowest BCUT2D eigenvalue weighted by atomic mass is 9.74. The lowest BCUT2D eigenvalue weighted by Crippen LogP contribution is -2.26. The van der Waals surface area contributed by atoms with Crippen LogP contribution in [0.25, 0.3) is 0 Å². The van der Waals surface area contributed by atoms with E-state index in [0.29, 0.717) is 63.7 Å². The summed E-state index contributed by atoms with van der Waals surface area (Å²) in [7, 11) is 5.37. The Balaban J connectivity index is 0.000000244. The zero-order valence-corrected chi connectivity index (χ0v) is 39.4. The summed E-state index contributed by atoms with van der Waals surface area (Å²) in [6.45, 7) is 17.0. The molecule has 0 radical (unpaired) electrons. The predicted molar refractivity (Wildman–Crippen MR) is 247 cm³/mol. The maximum atomic E-state index is 12.8. The molecule has 0 unspecified atom stereocenters. The summed E-state index contributed by atoms with van der Waals surface area (Å²) in [5.41, 5.74) is 11.0. The molecule has 6 rings (SSSR count). The molecule has 65 heavy (non-hydrogen) atoms. The zero-order valence-electron chi connectivity index (χ0n) is 39.4. The van der Waals surface area contributed by atoms with E-state index in [2.05, 4.69) is 0 Å². The van der Waals surface area contributed by atoms with Crippen molar-refractivity contribution < 1.29 is 57.8 Å². The van der Waals surface area contributed by atoms with Crippen molar-refractivity contribution in [1.29, 1.82) is 0 Å². The number of phenols is 2. The van der Waals surface area contributed by atoms with E-state index in [4.69, 9.17) is 28.4 Å². The number of carbonyl (C=O) groups excluding carboxylic acids is 4. The molecule has 0 amide bonds. The van der Waals surface area contributed by atoms with Gasteiger partial charge in [-0.15, -0.1) is 0 Å². The smallest absolute Gasteiger partial charge is 0.334 e. The number of aromatic hydroxyl groups is 2. The fraction of sp³-hybridized carbons (Fsp3) is 0.321. The minimum Gasteiger partial charge on any atom is -0.508 e.